The molecular weight excluding hydrogens is 162 g/mol. The van der Waals surface area contributed by atoms with Crippen molar-refractivity contribution in [3.8, 4) is 0 Å². The Bertz CT molecular complexity index is 310. The van der Waals surface area contributed by atoms with E-state index in [1.54, 1.807) is 0 Å². The van der Waals surface area contributed by atoms with Crippen molar-refractivity contribution in [2.75, 3.05) is 19.6 Å². The largest absolute Gasteiger partial charge is 0.342 e. The molecule has 70 valence electrons. The maximum atomic E-state index is 3.50. The van der Waals surface area contributed by atoms with Gasteiger partial charge in [0.25, 0.3) is 0 Å². The van der Waals surface area contributed by atoms with Crippen LogP contribution >= 0.6 is 0 Å². The molecule has 1 atom stereocenters. The molecule has 2 N–H and O–H groups in total. The summed E-state index contributed by atoms with van der Waals surface area (Å²) in [6, 6.07) is 4.37. The maximum absolute atomic E-state index is 3.50. The summed E-state index contributed by atoms with van der Waals surface area (Å²) in [7, 11) is 0. The first-order chi connectivity index (χ1) is 6.41. The minimum absolute atomic E-state index is 0.330. The van der Waals surface area contributed by atoms with Crippen LogP contribution in [0, 0.1) is 0 Å². The Morgan fingerprint density at radius 1 is 1.31 bits per heavy atom. The highest BCUT2D eigenvalue weighted by Crippen LogP contribution is 2.28. The highest BCUT2D eigenvalue weighted by molar-refractivity contribution is 5.16. The summed E-state index contributed by atoms with van der Waals surface area (Å²) < 4.78 is 2.46. The van der Waals surface area contributed by atoms with Crippen LogP contribution < -0.4 is 10.6 Å². The van der Waals surface area contributed by atoms with Gasteiger partial charge in [0.1, 0.15) is 0 Å². The lowest BCUT2D eigenvalue weighted by Crippen LogP contribution is -2.49. The van der Waals surface area contributed by atoms with E-state index in [4.69, 9.17) is 0 Å². The van der Waals surface area contributed by atoms with Crippen molar-refractivity contribution in [1.29, 1.82) is 0 Å². The third-order valence-corrected chi connectivity index (χ3v) is 3.33. The van der Waals surface area contributed by atoms with Crippen LogP contribution in [0.15, 0.2) is 18.3 Å². The standard InChI is InChI=1S/C10H15N3/c1-2-9-6-12-8-10(13(9)5-1)3-4-11-7-10/h1-2,5,11-12H,3-4,6-8H2. The Morgan fingerprint density at radius 2 is 2.23 bits per heavy atom. The van der Waals surface area contributed by atoms with Crippen LogP contribution in [0.1, 0.15) is 12.1 Å². The topological polar surface area (TPSA) is 29.0 Å². The summed E-state index contributed by atoms with van der Waals surface area (Å²) in [4.78, 5) is 0. The van der Waals surface area contributed by atoms with Crippen LogP contribution in [0.2, 0.25) is 0 Å². The molecule has 2 aliphatic rings. The number of nitrogens with zero attached hydrogens (tertiary/aromatic N) is 1. The normalized spacial score (nSPS) is 32.3. The van der Waals surface area contributed by atoms with Gasteiger partial charge < -0.3 is 15.2 Å². The lowest BCUT2D eigenvalue weighted by molar-refractivity contribution is 0.261. The summed E-state index contributed by atoms with van der Waals surface area (Å²) in [6.45, 7) is 4.40. The lowest BCUT2D eigenvalue weighted by atomic mass is 9.96. The van der Waals surface area contributed by atoms with Gasteiger partial charge >= 0.3 is 0 Å². The third-order valence-electron chi connectivity index (χ3n) is 3.33. The van der Waals surface area contributed by atoms with Crippen molar-refractivity contribution in [2.45, 2.75) is 18.5 Å². The first-order valence-corrected chi connectivity index (χ1v) is 4.99. The van der Waals surface area contributed by atoms with Gasteiger partial charge in [-0.15, -0.1) is 0 Å². The molecule has 1 fully saturated rings. The van der Waals surface area contributed by atoms with Gasteiger partial charge in [0.05, 0.1) is 5.54 Å². The van der Waals surface area contributed by atoms with Crippen LogP contribution in [0.5, 0.6) is 0 Å². The molecular formula is C10H15N3. The first kappa shape index (κ1) is 7.59. The molecule has 0 saturated carbocycles. The number of hydrogen-bond acceptors (Lipinski definition) is 2. The van der Waals surface area contributed by atoms with Crippen LogP contribution in [-0.2, 0) is 12.1 Å². The molecule has 2 aliphatic heterocycles. The highest BCUT2D eigenvalue weighted by atomic mass is 15.2. The minimum Gasteiger partial charge on any atom is -0.342 e. The van der Waals surface area contributed by atoms with Gasteiger partial charge in [-0.1, -0.05) is 0 Å². The SMILES string of the molecule is c1cc2n(c1)C1(CCNC1)CNC2. The summed E-state index contributed by atoms with van der Waals surface area (Å²) in [6.07, 6.45) is 3.48. The average molecular weight is 177 g/mol. The van der Waals surface area contributed by atoms with Crippen molar-refractivity contribution in [2.24, 2.45) is 0 Å². The molecule has 1 saturated heterocycles. The molecule has 0 aliphatic carbocycles. The Morgan fingerprint density at radius 3 is 3.08 bits per heavy atom. The smallest absolute Gasteiger partial charge is 0.0703 e. The Labute approximate surface area is 78.1 Å². The zero-order chi connectivity index (χ0) is 8.73. The third kappa shape index (κ3) is 0.974. The number of fused-ring (bicyclic) bond motifs is 2. The summed E-state index contributed by atoms with van der Waals surface area (Å²) >= 11 is 0. The Hall–Kier alpha value is -0.800. The van der Waals surface area contributed by atoms with Crippen LogP contribution in [0.4, 0.5) is 0 Å². The fraction of sp³-hybridized carbons (Fsp3) is 0.600. The zero-order valence-electron chi connectivity index (χ0n) is 7.71. The molecule has 3 heterocycles. The van der Waals surface area contributed by atoms with Gasteiger partial charge in [0.15, 0.2) is 0 Å². The fourth-order valence-corrected chi connectivity index (χ4v) is 2.62. The van der Waals surface area contributed by atoms with Gasteiger partial charge in [0.2, 0.25) is 0 Å². The van der Waals surface area contributed by atoms with E-state index in [0.29, 0.717) is 5.54 Å². The highest BCUT2D eigenvalue weighted by Gasteiger charge is 2.37. The predicted molar refractivity (Wildman–Crippen MR) is 51.6 cm³/mol. The van der Waals surface area contributed by atoms with E-state index in [-0.39, 0.29) is 0 Å². The molecule has 1 aromatic heterocycles. The summed E-state index contributed by atoms with van der Waals surface area (Å²) in [5.74, 6) is 0. The zero-order valence-corrected chi connectivity index (χ0v) is 7.71. The molecule has 1 aromatic rings. The van der Waals surface area contributed by atoms with E-state index in [2.05, 4.69) is 33.5 Å². The van der Waals surface area contributed by atoms with Gasteiger partial charge in [0, 0.05) is 31.5 Å². The number of rotatable bonds is 0. The number of hydrogen-bond donors (Lipinski definition) is 2. The second kappa shape index (κ2) is 2.59. The van der Waals surface area contributed by atoms with Crippen LogP contribution in [-0.4, -0.2) is 24.2 Å². The van der Waals surface area contributed by atoms with Gasteiger partial charge in [-0.25, -0.2) is 0 Å². The molecule has 0 amide bonds. The summed E-state index contributed by atoms with van der Waals surface area (Å²) in [5.41, 5.74) is 1.76. The molecule has 1 spiro atoms. The average Bonchev–Trinajstić information content (AvgIpc) is 2.74. The number of nitrogens with one attached hydrogen (secondary N) is 2. The van der Waals surface area contributed by atoms with E-state index in [1.165, 1.54) is 12.1 Å². The fourth-order valence-electron chi connectivity index (χ4n) is 2.62. The predicted octanol–water partition coefficient (Wildman–Crippen LogP) is 0.280. The summed E-state index contributed by atoms with van der Waals surface area (Å²) in [5, 5.41) is 6.95. The monoisotopic (exact) mass is 177 g/mol. The minimum atomic E-state index is 0.330. The van der Waals surface area contributed by atoms with E-state index >= 15 is 0 Å². The van der Waals surface area contributed by atoms with Crippen molar-refractivity contribution in [1.82, 2.24) is 15.2 Å². The van der Waals surface area contributed by atoms with Crippen molar-refractivity contribution < 1.29 is 0 Å². The van der Waals surface area contributed by atoms with Gasteiger partial charge in [-0.05, 0) is 25.1 Å². The van der Waals surface area contributed by atoms with Crippen LogP contribution in [0.3, 0.4) is 0 Å². The number of aromatic nitrogens is 1. The van der Waals surface area contributed by atoms with Crippen molar-refractivity contribution >= 4 is 0 Å². The van der Waals surface area contributed by atoms with Gasteiger partial charge in [-0.3, -0.25) is 0 Å². The quantitative estimate of drug-likeness (QED) is 0.596. The molecule has 3 nitrogen and oxygen atoms in total. The van der Waals surface area contributed by atoms with E-state index in [1.807, 2.05) is 0 Å². The van der Waals surface area contributed by atoms with Gasteiger partial charge in [-0.2, -0.15) is 0 Å². The first-order valence-electron chi connectivity index (χ1n) is 4.99. The molecule has 0 aromatic carbocycles. The lowest BCUT2D eigenvalue weighted by Gasteiger charge is -2.36. The van der Waals surface area contributed by atoms with Crippen LogP contribution in [0.25, 0.3) is 0 Å². The molecule has 13 heavy (non-hydrogen) atoms. The van der Waals surface area contributed by atoms with Crippen molar-refractivity contribution in [3.05, 3.63) is 24.0 Å². The second-order valence-electron chi connectivity index (χ2n) is 4.12. The molecule has 3 heteroatoms. The van der Waals surface area contributed by atoms with Crippen molar-refractivity contribution in [3.63, 3.8) is 0 Å². The Kier molecular flexibility index (Phi) is 1.51. The Balaban J connectivity index is 2.08. The van der Waals surface area contributed by atoms with E-state index < -0.39 is 0 Å². The molecule has 0 radical (unpaired) electrons. The van der Waals surface area contributed by atoms with E-state index in [9.17, 15) is 0 Å². The molecule has 1 unspecified atom stereocenters. The molecule has 3 rings (SSSR count). The van der Waals surface area contributed by atoms with E-state index in [0.717, 1.165) is 26.2 Å². The second-order valence-corrected chi connectivity index (χ2v) is 4.12. The molecule has 0 bridgehead atoms. The maximum Gasteiger partial charge on any atom is 0.0703 e.